The molecule has 0 saturated heterocycles. The van der Waals surface area contributed by atoms with Gasteiger partial charge in [-0.2, -0.15) is 0 Å². The maximum atomic E-state index is 12.2. The lowest BCUT2D eigenvalue weighted by Crippen LogP contribution is -2.43. The summed E-state index contributed by atoms with van der Waals surface area (Å²) in [5.41, 5.74) is 1.66. The average molecular weight is 274 g/mol. The number of aliphatic carboxylic acids is 1. The van der Waals surface area contributed by atoms with Gasteiger partial charge in [0.25, 0.3) is 5.91 Å². The van der Waals surface area contributed by atoms with E-state index in [-0.39, 0.29) is 0 Å². The van der Waals surface area contributed by atoms with Crippen molar-refractivity contribution in [3.05, 3.63) is 41.6 Å². The van der Waals surface area contributed by atoms with Gasteiger partial charge in [-0.1, -0.05) is 18.2 Å². The van der Waals surface area contributed by atoms with Crippen LogP contribution >= 0.6 is 0 Å². The highest BCUT2D eigenvalue weighted by Gasteiger charge is 2.21. The molecule has 104 valence electrons. The van der Waals surface area contributed by atoms with Crippen molar-refractivity contribution in [1.29, 1.82) is 0 Å². The molecule has 0 aliphatic rings. The molecule has 0 aliphatic heterocycles. The number of hydrogen-bond donors (Lipinski definition) is 3. The van der Waals surface area contributed by atoms with Gasteiger partial charge in [-0.05, 0) is 19.1 Å². The van der Waals surface area contributed by atoms with Gasteiger partial charge in [-0.15, -0.1) is 0 Å². The first-order valence-corrected chi connectivity index (χ1v) is 6.04. The van der Waals surface area contributed by atoms with E-state index in [1.165, 1.54) is 0 Å². The lowest BCUT2D eigenvalue weighted by molar-refractivity contribution is -0.140. The molecule has 3 N–H and O–H groups in total. The number of carbonyl (C=O) groups is 2. The number of carboxylic acids is 1. The molecule has 2 rings (SSSR count). The van der Waals surface area contributed by atoms with Crippen LogP contribution < -0.4 is 5.32 Å². The van der Waals surface area contributed by atoms with Gasteiger partial charge in [0.05, 0.1) is 17.7 Å². The molecule has 0 unspecified atom stereocenters. The monoisotopic (exact) mass is 274 g/mol. The van der Waals surface area contributed by atoms with Gasteiger partial charge in [-0.25, -0.2) is 4.79 Å². The van der Waals surface area contributed by atoms with Gasteiger partial charge in [0.1, 0.15) is 0 Å². The third-order valence-corrected chi connectivity index (χ3v) is 2.87. The lowest BCUT2D eigenvalue weighted by Gasteiger charge is -2.13. The molecular formula is C14H14N2O4. The standard InChI is InChI=1S/C14H14N2O4/c1-8-6-10(9-4-2-3-5-11(9)15-8)13(18)16-12(7-17)14(19)20/h2-6,12,17H,7H2,1H3,(H,16,18)(H,19,20)/t12-/m1/s1. The number of aliphatic hydroxyl groups excluding tert-OH is 1. The molecule has 20 heavy (non-hydrogen) atoms. The van der Waals surface area contributed by atoms with Crippen molar-refractivity contribution in [2.24, 2.45) is 0 Å². The van der Waals surface area contributed by atoms with Gasteiger partial charge in [0.15, 0.2) is 6.04 Å². The Bertz CT molecular complexity index is 669. The first-order chi connectivity index (χ1) is 9.52. The number of aryl methyl sites for hydroxylation is 1. The van der Waals surface area contributed by atoms with E-state index in [0.717, 1.165) is 0 Å². The Balaban J connectivity index is 2.41. The summed E-state index contributed by atoms with van der Waals surface area (Å²) in [4.78, 5) is 27.3. The number of aromatic nitrogens is 1. The number of rotatable bonds is 4. The fraction of sp³-hybridized carbons (Fsp3) is 0.214. The van der Waals surface area contributed by atoms with Crippen molar-refractivity contribution in [3.8, 4) is 0 Å². The van der Waals surface area contributed by atoms with Crippen molar-refractivity contribution >= 4 is 22.8 Å². The predicted octanol–water partition coefficient (Wildman–Crippen LogP) is 0.719. The van der Waals surface area contributed by atoms with Crippen LogP contribution in [-0.4, -0.2) is 39.7 Å². The number of hydrogen-bond acceptors (Lipinski definition) is 4. The number of fused-ring (bicyclic) bond motifs is 1. The molecule has 0 aliphatic carbocycles. The van der Waals surface area contributed by atoms with Gasteiger partial charge < -0.3 is 15.5 Å². The molecule has 1 amide bonds. The molecule has 2 aromatic rings. The third-order valence-electron chi connectivity index (χ3n) is 2.87. The van der Waals surface area contributed by atoms with Gasteiger partial charge in [-0.3, -0.25) is 9.78 Å². The van der Waals surface area contributed by atoms with Gasteiger partial charge >= 0.3 is 5.97 Å². The van der Waals surface area contributed by atoms with Crippen molar-refractivity contribution in [2.45, 2.75) is 13.0 Å². The van der Waals surface area contributed by atoms with Crippen LogP contribution in [0.5, 0.6) is 0 Å². The van der Waals surface area contributed by atoms with Crippen LogP contribution in [0.1, 0.15) is 16.1 Å². The smallest absolute Gasteiger partial charge is 0.328 e. The highest BCUT2D eigenvalue weighted by molar-refractivity contribution is 6.07. The van der Waals surface area contributed by atoms with Crippen molar-refractivity contribution < 1.29 is 19.8 Å². The average Bonchev–Trinajstić information content (AvgIpc) is 2.43. The van der Waals surface area contributed by atoms with Crippen molar-refractivity contribution in [3.63, 3.8) is 0 Å². The second-order valence-corrected chi connectivity index (χ2v) is 4.38. The fourth-order valence-electron chi connectivity index (χ4n) is 1.92. The Labute approximate surface area is 115 Å². The number of benzene rings is 1. The Morgan fingerprint density at radius 3 is 2.70 bits per heavy atom. The number of nitrogens with zero attached hydrogens (tertiary/aromatic N) is 1. The molecule has 1 aromatic carbocycles. The SMILES string of the molecule is Cc1cc(C(=O)N[C@H](CO)C(=O)O)c2ccccc2n1. The second kappa shape index (κ2) is 5.66. The Morgan fingerprint density at radius 2 is 2.05 bits per heavy atom. The minimum absolute atomic E-state index is 0.341. The zero-order chi connectivity index (χ0) is 14.7. The maximum absolute atomic E-state index is 12.2. The molecule has 0 bridgehead atoms. The van der Waals surface area contributed by atoms with Crippen LogP contribution in [0.15, 0.2) is 30.3 Å². The third kappa shape index (κ3) is 2.75. The first-order valence-electron chi connectivity index (χ1n) is 6.04. The highest BCUT2D eigenvalue weighted by Crippen LogP contribution is 2.18. The molecule has 0 saturated carbocycles. The zero-order valence-electron chi connectivity index (χ0n) is 10.8. The minimum atomic E-state index is -1.32. The fourth-order valence-corrected chi connectivity index (χ4v) is 1.92. The summed E-state index contributed by atoms with van der Waals surface area (Å²) >= 11 is 0. The van der Waals surface area contributed by atoms with Gasteiger partial charge in [0.2, 0.25) is 0 Å². The highest BCUT2D eigenvalue weighted by atomic mass is 16.4. The van der Waals surface area contributed by atoms with E-state index in [1.54, 1.807) is 31.2 Å². The summed E-state index contributed by atoms with van der Waals surface area (Å²) in [5, 5.41) is 20.7. The van der Waals surface area contributed by atoms with E-state index in [9.17, 15) is 9.59 Å². The first kappa shape index (κ1) is 14.0. The van der Waals surface area contributed by atoms with Crippen LogP contribution in [0.4, 0.5) is 0 Å². The van der Waals surface area contributed by atoms with Crippen molar-refractivity contribution in [1.82, 2.24) is 10.3 Å². The largest absolute Gasteiger partial charge is 0.480 e. The number of carboxylic acid groups (broad SMARTS) is 1. The van der Waals surface area contributed by atoms with Crippen LogP contribution in [0.25, 0.3) is 10.9 Å². The second-order valence-electron chi connectivity index (χ2n) is 4.38. The van der Waals surface area contributed by atoms with E-state index < -0.39 is 24.5 Å². The quantitative estimate of drug-likeness (QED) is 0.762. The number of nitrogens with one attached hydrogen (secondary N) is 1. The topological polar surface area (TPSA) is 99.5 Å². The number of carbonyl (C=O) groups excluding carboxylic acids is 1. The molecular weight excluding hydrogens is 260 g/mol. The summed E-state index contributed by atoms with van der Waals surface area (Å²) in [5.74, 6) is -1.83. The summed E-state index contributed by atoms with van der Waals surface area (Å²) < 4.78 is 0. The molecule has 6 heteroatoms. The summed E-state index contributed by atoms with van der Waals surface area (Å²) in [6, 6.07) is 7.37. The maximum Gasteiger partial charge on any atom is 0.328 e. The number of para-hydroxylation sites is 1. The normalized spacial score (nSPS) is 12.1. The van der Waals surface area contributed by atoms with Gasteiger partial charge in [0, 0.05) is 11.1 Å². The molecule has 0 spiro atoms. The minimum Gasteiger partial charge on any atom is -0.480 e. The number of pyridine rings is 1. The molecule has 1 atom stereocenters. The van der Waals surface area contributed by atoms with E-state index in [0.29, 0.717) is 22.2 Å². The summed E-state index contributed by atoms with van der Waals surface area (Å²) in [6.07, 6.45) is 0. The Hall–Kier alpha value is -2.47. The van der Waals surface area contributed by atoms with Crippen LogP contribution in [0, 0.1) is 6.92 Å². The van der Waals surface area contributed by atoms with Crippen molar-refractivity contribution in [2.75, 3.05) is 6.61 Å². The Kier molecular flexibility index (Phi) is 3.95. The lowest BCUT2D eigenvalue weighted by atomic mass is 10.1. The molecule has 6 nitrogen and oxygen atoms in total. The molecule has 1 aromatic heterocycles. The number of aliphatic hydroxyl groups is 1. The van der Waals surface area contributed by atoms with Crippen LogP contribution in [0.3, 0.4) is 0 Å². The molecule has 0 radical (unpaired) electrons. The van der Waals surface area contributed by atoms with E-state index in [4.69, 9.17) is 10.2 Å². The molecule has 1 heterocycles. The van der Waals surface area contributed by atoms with E-state index in [2.05, 4.69) is 10.3 Å². The summed E-state index contributed by atoms with van der Waals surface area (Å²) in [7, 11) is 0. The van der Waals surface area contributed by atoms with E-state index in [1.807, 2.05) is 6.07 Å². The molecule has 0 fully saturated rings. The zero-order valence-corrected chi connectivity index (χ0v) is 10.8. The predicted molar refractivity (Wildman–Crippen MR) is 72.5 cm³/mol. The van der Waals surface area contributed by atoms with E-state index >= 15 is 0 Å². The number of amides is 1. The summed E-state index contributed by atoms with van der Waals surface area (Å²) in [6.45, 7) is 1.09. The van der Waals surface area contributed by atoms with Crippen LogP contribution in [-0.2, 0) is 4.79 Å². The van der Waals surface area contributed by atoms with Crippen LogP contribution in [0.2, 0.25) is 0 Å². The Morgan fingerprint density at radius 1 is 1.35 bits per heavy atom.